The Morgan fingerprint density at radius 3 is 1.16 bits per heavy atom. The molecule has 0 atom stereocenters. The topological polar surface area (TPSA) is 0 Å². The van der Waals surface area contributed by atoms with E-state index in [1.165, 1.54) is 44.5 Å². The highest BCUT2D eigenvalue weighted by Gasteiger charge is 2.21. The molecule has 0 aliphatic rings. The summed E-state index contributed by atoms with van der Waals surface area (Å²) >= 11 is 0. The number of hydrogen-bond donors (Lipinski definition) is 0. The van der Waals surface area contributed by atoms with Gasteiger partial charge in [-0.3, -0.25) is 0 Å². The highest BCUT2D eigenvalue weighted by molar-refractivity contribution is 5.48. The Kier molecular flexibility index (Phi) is 5.24. The molecule has 0 aromatic heterocycles. The zero-order valence-electron chi connectivity index (χ0n) is 18.0. The van der Waals surface area contributed by atoms with E-state index in [0.717, 1.165) is 6.42 Å². The Labute approximate surface area is 155 Å². The third-order valence-corrected chi connectivity index (χ3v) is 5.32. The summed E-state index contributed by atoms with van der Waals surface area (Å²) in [6, 6.07) is 9.48. The van der Waals surface area contributed by atoms with Crippen LogP contribution in [0.1, 0.15) is 86.1 Å². The van der Waals surface area contributed by atoms with Crippen LogP contribution in [0.4, 0.5) is 0 Å². The Morgan fingerprint density at radius 2 is 0.880 bits per heavy atom. The van der Waals surface area contributed by atoms with E-state index >= 15 is 0 Å². The van der Waals surface area contributed by atoms with Gasteiger partial charge in [-0.2, -0.15) is 0 Å². The number of benzene rings is 2. The summed E-state index contributed by atoms with van der Waals surface area (Å²) in [6.45, 7) is 22.9. The van der Waals surface area contributed by atoms with Crippen molar-refractivity contribution in [3.05, 3.63) is 68.8 Å². The Balaban J connectivity index is 2.58. The highest BCUT2D eigenvalue weighted by atomic mass is 14.3. The second-order valence-electron chi connectivity index (χ2n) is 9.87. The maximum Gasteiger partial charge on any atom is -0.00201 e. The first-order valence-electron chi connectivity index (χ1n) is 9.52. The molecule has 0 heterocycles. The maximum absolute atomic E-state index is 2.38. The molecule has 0 heteroatoms. The Hall–Kier alpha value is -1.56. The van der Waals surface area contributed by atoms with Gasteiger partial charge in [0.25, 0.3) is 0 Å². The van der Waals surface area contributed by atoms with E-state index in [-0.39, 0.29) is 10.8 Å². The lowest BCUT2D eigenvalue weighted by Crippen LogP contribution is -2.16. The van der Waals surface area contributed by atoms with E-state index in [0.29, 0.717) is 0 Å². The van der Waals surface area contributed by atoms with Crippen LogP contribution >= 0.6 is 0 Å². The summed E-state index contributed by atoms with van der Waals surface area (Å²) in [5.41, 5.74) is 11.9. The fraction of sp³-hybridized carbons (Fsp3) is 0.520. The van der Waals surface area contributed by atoms with Gasteiger partial charge in [0.15, 0.2) is 0 Å². The molecule has 0 nitrogen and oxygen atoms in total. The molecule has 0 fully saturated rings. The summed E-state index contributed by atoms with van der Waals surface area (Å²) in [7, 11) is 0. The predicted molar refractivity (Wildman–Crippen MR) is 112 cm³/mol. The minimum Gasteiger partial charge on any atom is -0.0561 e. The van der Waals surface area contributed by atoms with Crippen LogP contribution in [-0.4, -0.2) is 0 Å². The van der Waals surface area contributed by atoms with Crippen LogP contribution in [0.25, 0.3) is 0 Å². The summed E-state index contributed by atoms with van der Waals surface area (Å²) < 4.78 is 0. The van der Waals surface area contributed by atoms with Gasteiger partial charge in [0.2, 0.25) is 0 Å². The lowest BCUT2D eigenvalue weighted by Gasteiger charge is -2.26. The average molecular weight is 337 g/mol. The normalized spacial score (nSPS) is 12.6. The van der Waals surface area contributed by atoms with Crippen molar-refractivity contribution in [2.75, 3.05) is 0 Å². The first-order chi connectivity index (χ1) is 11.3. The van der Waals surface area contributed by atoms with E-state index < -0.39 is 0 Å². The number of aryl methyl sites for hydroxylation is 2. The molecule has 0 unspecified atom stereocenters. The van der Waals surface area contributed by atoms with Crippen molar-refractivity contribution in [1.29, 1.82) is 0 Å². The van der Waals surface area contributed by atoms with E-state index in [1.54, 1.807) is 0 Å². The molecule has 2 rings (SSSR count). The SMILES string of the molecule is Cc1cc(Cc2cc(C)cc(C(C)(C)C)c2C)c(C)c(C(C)(C)C)c1. The molecule has 2 aromatic rings. The van der Waals surface area contributed by atoms with Crippen LogP contribution < -0.4 is 0 Å². The van der Waals surface area contributed by atoms with Crippen molar-refractivity contribution >= 4 is 0 Å². The maximum atomic E-state index is 2.38. The molecule has 0 saturated heterocycles. The largest absolute Gasteiger partial charge is 0.0561 e. The van der Waals surface area contributed by atoms with Gasteiger partial charge in [-0.15, -0.1) is 0 Å². The van der Waals surface area contributed by atoms with Crippen molar-refractivity contribution in [2.45, 2.75) is 86.5 Å². The van der Waals surface area contributed by atoms with Gasteiger partial charge in [0.1, 0.15) is 0 Å². The first kappa shape index (κ1) is 19.8. The zero-order valence-corrected chi connectivity index (χ0v) is 18.0. The summed E-state index contributed by atoms with van der Waals surface area (Å²) in [5, 5.41) is 0. The van der Waals surface area contributed by atoms with Gasteiger partial charge in [0.05, 0.1) is 0 Å². The second kappa shape index (κ2) is 6.63. The van der Waals surface area contributed by atoms with Gasteiger partial charge in [-0.1, -0.05) is 76.9 Å². The van der Waals surface area contributed by atoms with E-state index in [9.17, 15) is 0 Å². The fourth-order valence-electron chi connectivity index (χ4n) is 4.00. The molecule has 0 aliphatic heterocycles. The van der Waals surface area contributed by atoms with Gasteiger partial charge in [0, 0.05) is 0 Å². The molecule has 0 aliphatic carbocycles. The summed E-state index contributed by atoms with van der Waals surface area (Å²) in [4.78, 5) is 0. The number of hydrogen-bond acceptors (Lipinski definition) is 0. The quantitative estimate of drug-likeness (QED) is 0.548. The van der Waals surface area contributed by atoms with Crippen molar-refractivity contribution in [3.8, 4) is 0 Å². The van der Waals surface area contributed by atoms with Crippen LogP contribution in [-0.2, 0) is 17.3 Å². The minimum absolute atomic E-state index is 0.184. The van der Waals surface area contributed by atoms with Gasteiger partial charge >= 0.3 is 0 Å². The number of rotatable bonds is 2. The van der Waals surface area contributed by atoms with Crippen molar-refractivity contribution in [2.24, 2.45) is 0 Å². The van der Waals surface area contributed by atoms with Crippen LogP contribution in [0.15, 0.2) is 24.3 Å². The highest BCUT2D eigenvalue weighted by Crippen LogP contribution is 2.33. The second-order valence-corrected chi connectivity index (χ2v) is 9.87. The van der Waals surface area contributed by atoms with Crippen LogP contribution in [0.5, 0.6) is 0 Å². The van der Waals surface area contributed by atoms with Crippen molar-refractivity contribution in [1.82, 2.24) is 0 Å². The molecular weight excluding hydrogens is 300 g/mol. The van der Waals surface area contributed by atoms with Crippen molar-refractivity contribution in [3.63, 3.8) is 0 Å². The standard InChI is InChI=1S/C25H36/c1-16-11-20(18(3)22(13-16)24(5,6)7)15-21-12-17(2)14-23(19(21)4)25(8,9)10/h11-14H,15H2,1-10H3. The molecular formula is C25H36. The van der Waals surface area contributed by atoms with Gasteiger partial charge in [-0.05, 0) is 78.3 Å². The monoisotopic (exact) mass is 336 g/mol. The molecule has 0 saturated carbocycles. The van der Waals surface area contributed by atoms with E-state index in [4.69, 9.17) is 0 Å². The van der Waals surface area contributed by atoms with E-state index in [1.807, 2.05) is 0 Å². The molecule has 136 valence electrons. The van der Waals surface area contributed by atoms with Crippen LogP contribution in [0.2, 0.25) is 0 Å². The minimum atomic E-state index is 0.184. The fourth-order valence-corrected chi connectivity index (χ4v) is 4.00. The first-order valence-corrected chi connectivity index (χ1v) is 9.52. The van der Waals surface area contributed by atoms with Gasteiger partial charge < -0.3 is 0 Å². The molecule has 0 amide bonds. The average Bonchev–Trinajstić information content (AvgIpc) is 2.43. The molecule has 0 radical (unpaired) electrons. The zero-order chi connectivity index (χ0) is 19.2. The predicted octanol–water partition coefficient (Wildman–Crippen LogP) is 7.11. The lowest BCUT2D eigenvalue weighted by atomic mass is 9.78. The molecule has 0 N–H and O–H groups in total. The van der Waals surface area contributed by atoms with Crippen molar-refractivity contribution < 1.29 is 0 Å². The molecule has 0 spiro atoms. The summed E-state index contributed by atoms with van der Waals surface area (Å²) in [6.07, 6.45) is 1.02. The smallest absolute Gasteiger partial charge is 0.00201 e. The lowest BCUT2D eigenvalue weighted by molar-refractivity contribution is 0.583. The molecule has 0 bridgehead atoms. The molecule has 25 heavy (non-hydrogen) atoms. The van der Waals surface area contributed by atoms with Crippen LogP contribution in [0, 0.1) is 27.7 Å². The Morgan fingerprint density at radius 1 is 0.560 bits per heavy atom. The summed E-state index contributed by atoms with van der Waals surface area (Å²) in [5.74, 6) is 0. The van der Waals surface area contributed by atoms with Gasteiger partial charge in [-0.25, -0.2) is 0 Å². The third-order valence-electron chi connectivity index (χ3n) is 5.32. The van der Waals surface area contributed by atoms with E-state index in [2.05, 4.69) is 93.5 Å². The Bertz CT molecular complexity index is 710. The molecule has 2 aromatic carbocycles. The third kappa shape index (κ3) is 4.35. The van der Waals surface area contributed by atoms with Crippen LogP contribution in [0.3, 0.4) is 0 Å².